The van der Waals surface area contributed by atoms with Crippen LogP contribution in [0.1, 0.15) is 40.3 Å². The number of hydrogen-bond donors (Lipinski definition) is 2. The van der Waals surface area contributed by atoms with Gasteiger partial charge in [-0.3, -0.25) is 14.6 Å². The Balaban J connectivity index is 1.99. The molecule has 0 spiro atoms. The highest BCUT2D eigenvalue weighted by atomic mass is 16.3. The highest BCUT2D eigenvalue weighted by Crippen LogP contribution is 2.12. The van der Waals surface area contributed by atoms with Gasteiger partial charge in [-0.15, -0.1) is 0 Å². The van der Waals surface area contributed by atoms with E-state index in [1.807, 2.05) is 6.07 Å². The number of nitrogens with zero attached hydrogens (tertiary/aromatic N) is 1. The molecule has 5 heteroatoms. The minimum atomic E-state index is -1.21. The SMILES string of the molecule is CC(=O)c1ccc(CNC(=O)[C@@H](O)c2ccccc2)nc1C. The molecule has 22 heavy (non-hydrogen) atoms. The molecule has 0 aliphatic heterocycles. The second-order valence-corrected chi connectivity index (χ2v) is 5.02. The van der Waals surface area contributed by atoms with E-state index in [1.165, 1.54) is 6.92 Å². The smallest absolute Gasteiger partial charge is 0.253 e. The molecular weight excluding hydrogens is 280 g/mol. The van der Waals surface area contributed by atoms with Gasteiger partial charge in [0.25, 0.3) is 5.91 Å². The summed E-state index contributed by atoms with van der Waals surface area (Å²) < 4.78 is 0. The van der Waals surface area contributed by atoms with Crippen LogP contribution < -0.4 is 5.32 Å². The zero-order valence-electron chi connectivity index (χ0n) is 12.5. The van der Waals surface area contributed by atoms with Crippen molar-refractivity contribution in [3.05, 3.63) is 65.0 Å². The third-order valence-electron chi connectivity index (χ3n) is 3.33. The Labute approximate surface area is 129 Å². The first-order valence-electron chi connectivity index (χ1n) is 6.97. The van der Waals surface area contributed by atoms with Gasteiger partial charge in [-0.2, -0.15) is 0 Å². The van der Waals surface area contributed by atoms with Crippen LogP contribution in [-0.2, 0) is 11.3 Å². The van der Waals surface area contributed by atoms with Gasteiger partial charge >= 0.3 is 0 Å². The van der Waals surface area contributed by atoms with Gasteiger partial charge in [-0.1, -0.05) is 30.3 Å². The average molecular weight is 298 g/mol. The first-order valence-corrected chi connectivity index (χ1v) is 6.97. The van der Waals surface area contributed by atoms with E-state index in [4.69, 9.17) is 0 Å². The highest BCUT2D eigenvalue weighted by molar-refractivity contribution is 5.95. The van der Waals surface area contributed by atoms with Crippen LogP contribution in [0.3, 0.4) is 0 Å². The van der Waals surface area contributed by atoms with Gasteiger partial charge < -0.3 is 10.4 Å². The number of hydrogen-bond acceptors (Lipinski definition) is 4. The third-order valence-corrected chi connectivity index (χ3v) is 3.33. The highest BCUT2D eigenvalue weighted by Gasteiger charge is 2.16. The Kier molecular flexibility index (Phi) is 5.01. The largest absolute Gasteiger partial charge is 0.378 e. The molecular formula is C17H18N2O3. The van der Waals surface area contributed by atoms with Crippen LogP contribution in [0.15, 0.2) is 42.5 Å². The zero-order chi connectivity index (χ0) is 16.1. The fourth-order valence-electron chi connectivity index (χ4n) is 2.14. The Bertz CT molecular complexity index is 684. The summed E-state index contributed by atoms with van der Waals surface area (Å²) in [5, 5.41) is 12.6. The zero-order valence-corrected chi connectivity index (χ0v) is 12.5. The Morgan fingerprint density at radius 2 is 1.86 bits per heavy atom. The lowest BCUT2D eigenvalue weighted by molar-refractivity contribution is -0.129. The number of rotatable bonds is 5. The summed E-state index contributed by atoms with van der Waals surface area (Å²) in [4.78, 5) is 27.6. The molecule has 0 aliphatic rings. The van der Waals surface area contributed by atoms with Crippen molar-refractivity contribution in [2.24, 2.45) is 0 Å². The molecule has 2 aromatic rings. The fourth-order valence-corrected chi connectivity index (χ4v) is 2.14. The molecule has 5 nitrogen and oxygen atoms in total. The lowest BCUT2D eigenvalue weighted by Gasteiger charge is -2.12. The minimum Gasteiger partial charge on any atom is -0.378 e. The van der Waals surface area contributed by atoms with Crippen molar-refractivity contribution in [3.8, 4) is 0 Å². The average Bonchev–Trinajstić information content (AvgIpc) is 2.52. The number of ketones is 1. The fraction of sp³-hybridized carbons (Fsp3) is 0.235. The van der Waals surface area contributed by atoms with E-state index in [9.17, 15) is 14.7 Å². The molecule has 2 rings (SSSR count). The molecule has 1 amide bonds. The molecule has 0 saturated carbocycles. The third kappa shape index (κ3) is 3.77. The van der Waals surface area contributed by atoms with E-state index in [2.05, 4.69) is 10.3 Å². The van der Waals surface area contributed by atoms with E-state index in [1.54, 1.807) is 43.3 Å². The van der Waals surface area contributed by atoms with Crippen molar-refractivity contribution >= 4 is 11.7 Å². The van der Waals surface area contributed by atoms with Gasteiger partial charge in [0.2, 0.25) is 0 Å². The molecule has 1 aromatic heterocycles. The van der Waals surface area contributed by atoms with Crippen molar-refractivity contribution in [2.75, 3.05) is 0 Å². The summed E-state index contributed by atoms with van der Waals surface area (Å²) in [5.74, 6) is -0.526. The topological polar surface area (TPSA) is 79.3 Å². The van der Waals surface area contributed by atoms with Crippen LogP contribution >= 0.6 is 0 Å². The molecule has 0 bridgehead atoms. The molecule has 114 valence electrons. The lowest BCUT2D eigenvalue weighted by atomic mass is 10.1. The molecule has 1 heterocycles. The van der Waals surface area contributed by atoms with E-state index >= 15 is 0 Å². The molecule has 0 radical (unpaired) electrons. The first-order chi connectivity index (χ1) is 10.5. The van der Waals surface area contributed by atoms with Gasteiger partial charge in [0, 0.05) is 11.3 Å². The van der Waals surface area contributed by atoms with Crippen LogP contribution in [0.2, 0.25) is 0 Å². The number of aryl methyl sites for hydroxylation is 1. The second kappa shape index (κ2) is 6.95. The van der Waals surface area contributed by atoms with Crippen molar-refractivity contribution in [2.45, 2.75) is 26.5 Å². The van der Waals surface area contributed by atoms with Gasteiger partial charge in [-0.05, 0) is 31.5 Å². The van der Waals surface area contributed by atoms with Crippen molar-refractivity contribution < 1.29 is 14.7 Å². The number of pyridine rings is 1. The van der Waals surface area contributed by atoms with E-state index in [-0.39, 0.29) is 12.3 Å². The molecule has 0 aliphatic carbocycles. The Hall–Kier alpha value is -2.53. The maximum atomic E-state index is 11.9. The first kappa shape index (κ1) is 15.9. The van der Waals surface area contributed by atoms with Crippen LogP contribution in [0, 0.1) is 6.92 Å². The molecule has 1 aromatic carbocycles. The van der Waals surface area contributed by atoms with Gasteiger partial charge in [0.05, 0.1) is 12.2 Å². The molecule has 2 N–H and O–H groups in total. The Morgan fingerprint density at radius 1 is 1.18 bits per heavy atom. The molecule has 0 unspecified atom stereocenters. The number of nitrogens with one attached hydrogen (secondary N) is 1. The number of aromatic nitrogens is 1. The summed E-state index contributed by atoms with van der Waals surface area (Å²) in [6, 6.07) is 12.1. The number of Topliss-reactive ketones (excluding diaryl/α,β-unsaturated/α-hetero) is 1. The molecule has 1 atom stereocenters. The van der Waals surface area contributed by atoms with E-state index < -0.39 is 12.0 Å². The number of amides is 1. The Morgan fingerprint density at radius 3 is 2.45 bits per heavy atom. The maximum absolute atomic E-state index is 11.9. The second-order valence-electron chi connectivity index (χ2n) is 5.02. The maximum Gasteiger partial charge on any atom is 0.253 e. The quantitative estimate of drug-likeness (QED) is 0.827. The minimum absolute atomic E-state index is 0.0416. The van der Waals surface area contributed by atoms with Crippen LogP contribution in [-0.4, -0.2) is 21.8 Å². The van der Waals surface area contributed by atoms with E-state index in [0.29, 0.717) is 22.5 Å². The molecule has 0 saturated heterocycles. The molecule has 0 fully saturated rings. The van der Waals surface area contributed by atoms with Gasteiger partial charge in [0.1, 0.15) is 0 Å². The summed E-state index contributed by atoms with van der Waals surface area (Å²) in [7, 11) is 0. The monoisotopic (exact) mass is 298 g/mol. The predicted octanol–water partition coefficient (Wildman–Crippen LogP) is 1.94. The number of carbonyl (C=O) groups excluding carboxylic acids is 2. The number of benzene rings is 1. The summed E-state index contributed by atoms with van der Waals surface area (Å²) >= 11 is 0. The van der Waals surface area contributed by atoms with Gasteiger partial charge in [0.15, 0.2) is 11.9 Å². The number of carbonyl (C=O) groups is 2. The van der Waals surface area contributed by atoms with Crippen molar-refractivity contribution in [1.29, 1.82) is 0 Å². The van der Waals surface area contributed by atoms with Crippen LogP contribution in [0.25, 0.3) is 0 Å². The summed E-state index contributed by atoms with van der Waals surface area (Å²) in [5.41, 5.74) is 2.37. The summed E-state index contributed by atoms with van der Waals surface area (Å²) in [6.07, 6.45) is -1.21. The van der Waals surface area contributed by atoms with Crippen LogP contribution in [0.5, 0.6) is 0 Å². The standard InChI is InChI=1S/C17H18N2O3/c1-11-15(12(2)20)9-8-14(19-11)10-18-17(22)16(21)13-6-4-3-5-7-13/h3-9,16,21H,10H2,1-2H3,(H,18,22)/t16-/m0/s1. The van der Waals surface area contributed by atoms with Crippen molar-refractivity contribution in [1.82, 2.24) is 10.3 Å². The van der Waals surface area contributed by atoms with Crippen LogP contribution in [0.4, 0.5) is 0 Å². The normalized spacial score (nSPS) is 11.8. The van der Waals surface area contributed by atoms with Crippen molar-refractivity contribution in [3.63, 3.8) is 0 Å². The number of aliphatic hydroxyl groups is 1. The number of aliphatic hydroxyl groups excluding tert-OH is 1. The van der Waals surface area contributed by atoms with Gasteiger partial charge in [-0.25, -0.2) is 0 Å². The predicted molar refractivity (Wildman–Crippen MR) is 82.2 cm³/mol. The lowest BCUT2D eigenvalue weighted by Crippen LogP contribution is -2.29. The summed E-state index contributed by atoms with van der Waals surface area (Å²) in [6.45, 7) is 3.43. The van der Waals surface area contributed by atoms with E-state index in [0.717, 1.165) is 0 Å².